The van der Waals surface area contributed by atoms with E-state index in [1.165, 1.54) is 9.75 Å². The number of aryl methyl sites for hydroxylation is 1. The molecule has 1 unspecified atom stereocenters. The lowest BCUT2D eigenvalue weighted by molar-refractivity contribution is -0.115. The van der Waals surface area contributed by atoms with Gasteiger partial charge in [0.2, 0.25) is 5.91 Å². The van der Waals surface area contributed by atoms with E-state index >= 15 is 0 Å². The first kappa shape index (κ1) is 16.3. The summed E-state index contributed by atoms with van der Waals surface area (Å²) in [4.78, 5) is 14.4. The van der Waals surface area contributed by atoms with Crippen molar-refractivity contribution in [1.29, 1.82) is 0 Å². The molecule has 112 valence electrons. The van der Waals surface area contributed by atoms with E-state index in [0.717, 1.165) is 0 Å². The zero-order valence-electron chi connectivity index (χ0n) is 11.7. The number of para-hydroxylation sites is 1. The van der Waals surface area contributed by atoms with Crippen LogP contribution in [0.3, 0.4) is 0 Å². The van der Waals surface area contributed by atoms with Gasteiger partial charge in [0.05, 0.1) is 22.3 Å². The predicted molar refractivity (Wildman–Crippen MR) is 90.6 cm³/mol. The van der Waals surface area contributed by atoms with Gasteiger partial charge in [0.15, 0.2) is 0 Å². The lowest BCUT2D eigenvalue weighted by atomic mass is 10.2. The van der Waals surface area contributed by atoms with Gasteiger partial charge in [0.1, 0.15) is 0 Å². The van der Waals surface area contributed by atoms with Crippen LogP contribution < -0.4 is 10.6 Å². The quantitative estimate of drug-likeness (QED) is 0.829. The summed E-state index contributed by atoms with van der Waals surface area (Å²) in [5.41, 5.74) is 0.451. The Morgan fingerprint density at radius 1 is 1.24 bits per heavy atom. The summed E-state index contributed by atoms with van der Waals surface area (Å²) in [5.74, 6) is -0.176. The highest BCUT2D eigenvalue weighted by Crippen LogP contribution is 2.29. The Bertz CT molecular complexity index is 622. The largest absolute Gasteiger partial charge is 0.322 e. The predicted octanol–water partition coefficient (Wildman–Crippen LogP) is 4.65. The van der Waals surface area contributed by atoms with Gasteiger partial charge in [-0.25, -0.2) is 0 Å². The number of hydrogen-bond donors (Lipinski definition) is 2. The van der Waals surface area contributed by atoms with Crippen LogP contribution in [0, 0.1) is 6.92 Å². The van der Waals surface area contributed by atoms with Crippen LogP contribution in [-0.4, -0.2) is 12.5 Å². The maximum Gasteiger partial charge on any atom is 0.238 e. The molecular weight excluding hydrogens is 327 g/mol. The third-order valence-electron chi connectivity index (χ3n) is 2.98. The van der Waals surface area contributed by atoms with Crippen LogP contribution in [0.1, 0.15) is 22.7 Å². The fourth-order valence-electron chi connectivity index (χ4n) is 1.83. The number of thiophene rings is 1. The Balaban J connectivity index is 1.90. The zero-order valence-corrected chi connectivity index (χ0v) is 14.1. The standard InChI is InChI=1S/C15H16Cl2N2OS/c1-9-6-7-13(21-9)10(2)18-8-14(20)19-15-11(16)4-3-5-12(15)17/h3-7,10,18H,8H2,1-2H3,(H,19,20). The van der Waals surface area contributed by atoms with Crippen molar-refractivity contribution in [1.82, 2.24) is 5.32 Å². The van der Waals surface area contributed by atoms with Crippen molar-refractivity contribution >= 4 is 46.1 Å². The maximum absolute atomic E-state index is 12.0. The van der Waals surface area contributed by atoms with E-state index in [1.807, 2.05) is 6.92 Å². The molecule has 0 spiro atoms. The van der Waals surface area contributed by atoms with E-state index in [4.69, 9.17) is 23.2 Å². The van der Waals surface area contributed by atoms with E-state index in [2.05, 4.69) is 29.7 Å². The summed E-state index contributed by atoms with van der Waals surface area (Å²) in [6.07, 6.45) is 0. The number of carbonyl (C=O) groups is 1. The molecule has 3 nitrogen and oxygen atoms in total. The molecule has 1 aromatic carbocycles. The summed E-state index contributed by atoms with van der Waals surface area (Å²) in [5, 5.41) is 6.77. The van der Waals surface area contributed by atoms with Gasteiger partial charge in [-0.1, -0.05) is 29.3 Å². The molecular formula is C15H16Cl2N2OS. The number of benzene rings is 1. The van der Waals surface area contributed by atoms with Crippen LogP contribution in [-0.2, 0) is 4.79 Å². The maximum atomic E-state index is 12.0. The Morgan fingerprint density at radius 3 is 2.48 bits per heavy atom. The van der Waals surface area contributed by atoms with Crippen LogP contribution in [0.4, 0.5) is 5.69 Å². The first-order chi connectivity index (χ1) is 9.97. The Morgan fingerprint density at radius 2 is 1.90 bits per heavy atom. The van der Waals surface area contributed by atoms with Gasteiger partial charge < -0.3 is 10.6 Å². The highest BCUT2D eigenvalue weighted by molar-refractivity contribution is 7.12. The highest BCUT2D eigenvalue weighted by atomic mass is 35.5. The van der Waals surface area contributed by atoms with Crippen LogP contribution in [0.2, 0.25) is 10.0 Å². The third-order valence-corrected chi connectivity index (χ3v) is 4.80. The van der Waals surface area contributed by atoms with Crippen molar-refractivity contribution in [2.75, 3.05) is 11.9 Å². The van der Waals surface area contributed by atoms with Crippen molar-refractivity contribution in [2.45, 2.75) is 19.9 Å². The number of anilines is 1. The van der Waals surface area contributed by atoms with E-state index in [9.17, 15) is 4.79 Å². The molecule has 1 heterocycles. The van der Waals surface area contributed by atoms with Gasteiger partial charge >= 0.3 is 0 Å². The molecule has 0 saturated carbocycles. The van der Waals surface area contributed by atoms with Gasteiger partial charge in [0.25, 0.3) is 0 Å². The van der Waals surface area contributed by atoms with Crippen molar-refractivity contribution in [3.05, 3.63) is 50.1 Å². The molecule has 0 saturated heterocycles. The molecule has 2 N–H and O–H groups in total. The SMILES string of the molecule is Cc1ccc(C(C)NCC(=O)Nc2c(Cl)cccc2Cl)s1. The number of hydrogen-bond acceptors (Lipinski definition) is 3. The Labute approximate surface area is 138 Å². The zero-order chi connectivity index (χ0) is 15.4. The molecule has 0 fully saturated rings. The number of carbonyl (C=O) groups excluding carboxylic acids is 1. The van der Waals surface area contributed by atoms with Crippen LogP contribution in [0.5, 0.6) is 0 Å². The molecule has 0 radical (unpaired) electrons. The molecule has 0 bridgehead atoms. The van der Waals surface area contributed by atoms with Crippen molar-refractivity contribution < 1.29 is 4.79 Å². The first-order valence-electron chi connectivity index (χ1n) is 6.51. The molecule has 0 aliphatic rings. The van der Waals surface area contributed by atoms with Gasteiger partial charge in [-0.05, 0) is 38.1 Å². The van der Waals surface area contributed by atoms with Crippen LogP contribution in [0.25, 0.3) is 0 Å². The lowest BCUT2D eigenvalue weighted by Crippen LogP contribution is -2.30. The average molecular weight is 343 g/mol. The van der Waals surface area contributed by atoms with Gasteiger partial charge in [-0.3, -0.25) is 4.79 Å². The molecule has 0 aliphatic heterocycles. The molecule has 1 aromatic heterocycles. The minimum atomic E-state index is -0.176. The van der Waals surface area contributed by atoms with Gasteiger partial charge in [0, 0.05) is 15.8 Å². The van der Waals surface area contributed by atoms with E-state index in [-0.39, 0.29) is 18.5 Å². The van der Waals surface area contributed by atoms with E-state index in [1.54, 1.807) is 29.5 Å². The van der Waals surface area contributed by atoms with Crippen molar-refractivity contribution in [2.24, 2.45) is 0 Å². The summed E-state index contributed by atoms with van der Waals surface area (Å²) >= 11 is 13.8. The Kier molecular flexibility index (Phi) is 5.65. The molecule has 6 heteroatoms. The molecule has 1 amide bonds. The van der Waals surface area contributed by atoms with Gasteiger partial charge in [-0.2, -0.15) is 0 Å². The van der Waals surface area contributed by atoms with E-state index in [0.29, 0.717) is 15.7 Å². The van der Waals surface area contributed by atoms with Gasteiger partial charge in [-0.15, -0.1) is 11.3 Å². The third kappa shape index (κ3) is 4.45. The second kappa shape index (κ2) is 7.27. The second-order valence-electron chi connectivity index (χ2n) is 4.70. The molecule has 2 aromatic rings. The summed E-state index contributed by atoms with van der Waals surface area (Å²) < 4.78 is 0. The number of nitrogens with one attached hydrogen (secondary N) is 2. The Hall–Kier alpha value is -1.07. The minimum Gasteiger partial charge on any atom is -0.322 e. The average Bonchev–Trinajstić information content (AvgIpc) is 2.87. The van der Waals surface area contributed by atoms with Crippen molar-refractivity contribution in [3.8, 4) is 0 Å². The topological polar surface area (TPSA) is 41.1 Å². The van der Waals surface area contributed by atoms with Crippen LogP contribution in [0.15, 0.2) is 30.3 Å². The normalized spacial score (nSPS) is 12.2. The lowest BCUT2D eigenvalue weighted by Gasteiger charge is -2.13. The number of rotatable bonds is 5. The molecule has 1 atom stereocenters. The molecule has 0 aliphatic carbocycles. The van der Waals surface area contributed by atoms with Crippen LogP contribution >= 0.6 is 34.5 Å². The van der Waals surface area contributed by atoms with E-state index < -0.39 is 0 Å². The smallest absolute Gasteiger partial charge is 0.238 e. The van der Waals surface area contributed by atoms with Crippen molar-refractivity contribution in [3.63, 3.8) is 0 Å². The summed E-state index contributed by atoms with van der Waals surface area (Å²) in [6.45, 7) is 4.29. The molecule has 2 rings (SSSR count). The number of halogens is 2. The number of amides is 1. The minimum absolute atomic E-state index is 0.121. The summed E-state index contributed by atoms with van der Waals surface area (Å²) in [6, 6.07) is 9.37. The first-order valence-corrected chi connectivity index (χ1v) is 8.08. The fourth-order valence-corrected chi connectivity index (χ4v) is 3.23. The highest BCUT2D eigenvalue weighted by Gasteiger charge is 2.12. The monoisotopic (exact) mass is 342 g/mol. The second-order valence-corrected chi connectivity index (χ2v) is 6.83. The molecule has 21 heavy (non-hydrogen) atoms. The summed E-state index contributed by atoms with van der Waals surface area (Å²) in [7, 11) is 0. The fraction of sp³-hybridized carbons (Fsp3) is 0.267.